The highest BCUT2D eigenvalue weighted by Gasteiger charge is 2.45. The average molecular weight is 398 g/mol. The predicted octanol–water partition coefficient (Wildman–Crippen LogP) is 0.0103. The van der Waals surface area contributed by atoms with Gasteiger partial charge in [-0.2, -0.15) is 0 Å². The Bertz CT molecular complexity index is 881. The van der Waals surface area contributed by atoms with Gasteiger partial charge < -0.3 is 15.0 Å². The van der Waals surface area contributed by atoms with Crippen molar-refractivity contribution in [2.75, 3.05) is 26.2 Å². The monoisotopic (exact) mass is 398 g/mol. The topological polar surface area (TPSA) is 91.0 Å². The molecular formula is C21H26N4O4. The van der Waals surface area contributed by atoms with E-state index < -0.39 is 6.04 Å². The van der Waals surface area contributed by atoms with Gasteiger partial charge in [0.15, 0.2) is 0 Å². The second-order valence-electron chi connectivity index (χ2n) is 8.73. The summed E-state index contributed by atoms with van der Waals surface area (Å²) in [5.74, 6) is -0.756. The van der Waals surface area contributed by atoms with E-state index in [0.29, 0.717) is 18.5 Å². The van der Waals surface area contributed by atoms with Crippen molar-refractivity contribution < 1.29 is 19.1 Å². The maximum Gasteiger partial charge on any atom is 0.255 e. The summed E-state index contributed by atoms with van der Waals surface area (Å²) in [5, 5.41) is 5.67. The minimum Gasteiger partial charge on any atom is -0.367 e. The van der Waals surface area contributed by atoms with Crippen molar-refractivity contribution in [3.8, 4) is 0 Å². The Hall–Kier alpha value is -2.29. The van der Waals surface area contributed by atoms with Gasteiger partial charge in [0.2, 0.25) is 11.8 Å². The number of amides is 3. The SMILES string of the molecule is CC1CN(Cc2cccc3c2CN(C2CCC(=O)NC2=O)C3=O)CC2(CNC2)O1. The first-order chi connectivity index (χ1) is 13.9. The fourth-order valence-electron chi connectivity index (χ4n) is 5.10. The molecule has 4 aliphatic rings. The fraction of sp³-hybridized carbons (Fsp3) is 0.571. The largest absolute Gasteiger partial charge is 0.367 e. The molecule has 1 spiro atoms. The van der Waals surface area contributed by atoms with Crippen LogP contribution in [0.1, 0.15) is 41.3 Å². The lowest BCUT2D eigenvalue weighted by Gasteiger charge is -2.51. The summed E-state index contributed by atoms with van der Waals surface area (Å²) in [5.41, 5.74) is 2.71. The Morgan fingerprint density at radius 1 is 1.24 bits per heavy atom. The van der Waals surface area contributed by atoms with Crippen molar-refractivity contribution in [2.24, 2.45) is 0 Å². The summed E-state index contributed by atoms with van der Waals surface area (Å²) in [6, 6.07) is 5.26. The number of nitrogens with one attached hydrogen (secondary N) is 2. The number of nitrogens with zero attached hydrogens (tertiary/aromatic N) is 2. The second-order valence-corrected chi connectivity index (χ2v) is 8.73. The van der Waals surface area contributed by atoms with Crippen LogP contribution in [0.2, 0.25) is 0 Å². The van der Waals surface area contributed by atoms with Crippen molar-refractivity contribution in [1.29, 1.82) is 0 Å². The molecule has 0 aliphatic carbocycles. The number of imide groups is 1. The molecule has 3 saturated heterocycles. The Kier molecular flexibility index (Phi) is 4.45. The minimum atomic E-state index is -0.576. The standard InChI is InChI=1S/C21H26N4O4/c1-13-7-24(12-21(29-13)10-22-11-21)8-14-3-2-4-15-16(14)9-25(20(15)28)17-5-6-18(26)23-19(17)27/h2-4,13,17,22H,5-12H2,1H3,(H,23,26,27). The zero-order chi connectivity index (χ0) is 20.2. The molecule has 2 N–H and O–H groups in total. The normalized spacial score (nSPS) is 29.0. The van der Waals surface area contributed by atoms with Crippen molar-refractivity contribution in [3.05, 3.63) is 34.9 Å². The van der Waals surface area contributed by atoms with Crippen LogP contribution in [0.3, 0.4) is 0 Å². The van der Waals surface area contributed by atoms with E-state index in [0.717, 1.165) is 43.9 Å². The van der Waals surface area contributed by atoms with E-state index >= 15 is 0 Å². The van der Waals surface area contributed by atoms with Crippen molar-refractivity contribution in [2.45, 2.75) is 50.6 Å². The molecule has 1 aromatic carbocycles. The number of carbonyl (C=O) groups excluding carboxylic acids is 3. The molecule has 0 saturated carbocycles. The first kappa shape index (κ1) is 18.7. The van der Waals surface area contributed by atoms with E-state index in [1.54, 1.807) is 4.90 Å². The Morgan fingerprint density at radius 2 is 2.07 bits per heavy atom. The molecule has 0 aromatic heterocycles. The quantitative estimate of drug-likeness (QED) is 0.697. The highest BCUT2D eigenvalue weighted by molar-refractivity contribution is 6.05. The van der Waals surface area contributed by atoms with Crippen LogP contribution >= 0.6 is 0 Å². The molecule has 154 valence electrons. The number of hydrogen-bond acceptors (Lipinski definition) is 6. The van der Waals surface area contributed by atoms with Crippen LogP contribution in [0.4, 0.5) is 0 Å². The van der Waals surface area contributed by atoms with Crippen LogP contribution in [-0.4, -0.2) is 71.4 Å². The van der Waals surface area contributed by atoms with E-state index in [1.807, 2.05) is 12.1 Å². The van der Waals surface area contributed by atoms with E-state index in [-0.39, 0.29) is 35.8 Å². The molecule has 29 heavy (non-hydrogen) atoms. The molecule has 2 unspecified atom stereocenters. The van der Waals surface area contributed by atoms with Gasteiger partial charge >= 0.3 is 0 Å². The van der Waals surface area contributed by atoms with Gasteiger partial charge in [0.25, 0.3) is 5.91 Å². The van der Waals surface area contributed by atoms with E-state index in [1.165, 1.54) is 0 Å². The molecule has 4 heterocycles. The van der Waals surface area contributed by atoms with Crippen LogP contribution in [0.5, 0.6) is 0 Å². The number of hydrogen-bond donors (Lipinski definition) is 2. The molecule has 0 radical (unpaired) electrons. The third-order valence-electron chi connectivity index (χ3n) is 6.45. The lowest BCUT2D eigenvalue weighted by atomic mass is 9.93. The summed E-state index contributed by atoms with van der Waals surface area (Å²) >= 11 is 0. The predicted molar refractivity (Wildman–Crippen MR) is 104 cm³/mol. The number of piperidine rings is 1. The Morgan fingerprint density at radius 3 is 2.79 bits per heavy atom. The van der Waals surface area contributed by atoms with Crippen LogP contribution in [-0.2, 0) is 27.4 Å². The molecule has 8 nitrogen and oxygen atoms in total. The highest BCUT2D eigenvalue weighted by atomic mass is 16.5. The van der Waals surface area contributed by atoms with E-state index in [9.17, 15) is 14.4 Å². The number of benzene rings is 1. The molecule has 0 bridgehead atoms. The Labute approximate surface area is 169 Å². The third-order valence-corrected chi connectivity index (χ3v) is 6.45. The zero-order valence-electron chi connectivity index (χ0n) is 16.6. The summed E-state index contributed by atoms with van der Waals surface area (Å²) in [6.07, 6.45) is 0.825. The molecular weight excluding hydrogens is 372 g/mol. The zero-order valence-corrected chi connectivity index (χ0v) is 16.6. The van der Waals surface area contributed by atoms with E-state index in [2.05, 4.69) is 28.5 Å². The third kappa shape index (κ3) is 3.25. The minimum absolute atomic E-state index is 0.0931. The number of rotatable bonds is 3. The molecule has 3 amide bonds. The van der Waals surface area contributed by atoms with Gasteiger partial charge in [0.1, 0.15) is 11.6 Å². The van der Waals surface area contributed by atoms with Crippen molar-refractivity contribution in [3.63, 3.8) is 0 Å². The summed E-state index contributed by atoms with van der Waals surface area (Å²) in [7, 11) is 0. The molecule has 8 heteroatoms. The summed E-state index contributed by atoms with van der Waals surface area (Å²) in [4.78, 5) is 40.8. The first-order valence-corrected chi connectivity index (χ1v) is 10.3. The molecule has 3 fully saturated rings. The molecule has 5 rings (SSSR count). The molecule has 4 aliphatic heterocycles. The van der Waals surface area contributed by atoms with Crippen LogP contribution in [0.15, 0.2) is 18.2 Å². The van der Waals surface area contributed by atoms with Gasteiger partial charge in [-0.3, -0.25) is 24.6 Å². The number of morpholine rings is 1. The van der Waals surface area contributed by atoms with Crippen LogP contribution in [0, 0.1) is 0 Å². The first-order valence-electron chi connectivity index (χ1n) is 10.3. The summed E-state index contributed by atoms with van der Waals surface area (Å²) in [6.45, 7) is 6.77. The van der Waals surface area contributed by atoms with Crippen molar-refractivity contribution >= 4 is 17.7 Å². The second kappa shape index (κ2) is 6.90. The fourth-order valence-corrected chi connectivity index (χ4v) is 5.10. The lowest BCUT2D eigenvalue weighted by Crippen LogP contribution is -2.70. The van der Waals surface area contributed by atoms with Gasteiger partial charge in [0.05, 0.1) is 6.10 Å². The van der Waals surface area contributed by atoms with Gasteiger partial charge in [-0.15, -0.1) is 0 Å². The summed E-state index contributed by atoms with van der Waals surface area (Å²) < 4.78 is 6.17. The maximum absolute atomic E-state index is 13.0. The average Bonchev–Trinajstić information content (AvgIpc) is 2.98. The number of fused-ring (bicyclic) bond motifs is 1. The van der Waals surface area contributed by atoms with E-state index in [4.69, 9.17) is 4.74 Å². The number of ether oxygens (including phenoxy) is 1. The molecule has 2 atom stereocenters. The van der Waals surface area contributed by atoms with Gasteiger partial charge in [-0.05, 0) is 30.5 Å². The smallest absolute Gasteiger partial charge is 0.255 e. The maximum atomic E-state index is 13.0. The van der Waals surface area contributed by atoms with Gasteiger partial charge in [0, 0.05) is 51.3 Å². The molecule has 1 aromatic rings. The van der Waals surface area contributed by atoms with Crippen molar-refractivity contribution in [1.82, 2.24) is 20.4 Å². The lowest BCUT2D eigenvalue weighted by molar-refractivity contribution is -0.172. The van der Waals surface area contributed by atoms with Gasteiger partial charge in [-0.25, -0.2) is 0 Å². The highest BCUT2D eigenvalue weighted by Crippen LogP contribution is 2.32. The Balaban J connectivity index is 1.35. The van der Waals surface area contributed by atoms with Crippen LogP contribution in [0.25, 0.3) is 0 Å². The van der Waals surface area contributed by atoms with Crippen LogP contribution < -0.4 is 10.6 Å². The van der Waals surface area contributed by atoms with Gasteiger partial charge in [-0.1, -0.05) is 12.1 Å². The number of carbonyl (C=O) groups is 3.